The van der Waals surface area contributed by atoms with Gasteiger partial charge in [-0.15, -0.1) is 0 Å². The second-order valence-electron chi connectivity index (χ2n) is 0.683. The molecule has 1 fully saturated rings. The highest BCUT2D eigenvalue weighted by Gasteiger charge is 2.00. The molecule has 5 heteroatoms. The molecular formula is BSi4. The zero-order chi connectivity index (χ0) is 3.54. The third-order valence-corrected chi connectivity index (χ3v) is 12.9. The van der Waals surface area contributed by atoms with E-state index in [0.717, 1.165) is 0 Å². The summed E-state index contributed by atoms with van der Waals surface area (Å²) in [6.45, 7) is 2.44. The number of hydrogen-bond donors (Lipinski definition) is 0. The normalized spacial score (nSPS) is 22.4. The van der Waals surface area contributed by atoms with Gasteiger partial charge < -0.3 is 0 Å². The summed E-state index contributed by atoms with van der Waals surface area (Å²) in [7, 11) is 5.11. The van der Waals surface area contributed by atoms with Crippen LogP contribution in [-0.2, 0) is 0 Å². The molecule has 1 aliphatic heterocycles. The minimum atomic E-state index is 1.24. The van der Waals surface area contributed by atoms with Crippen LogP contribution in [-0.4, -0.2) is 41.4 Å². The quantitative estimate of drug-likeness (QED) is 0.330. The highest BCUT2D eigenvalue weighted by molar-refractivity contribution is 7.76. The monoisotopic (exact) mass is 123 g/mol. The van der Waals surface area contributed by atoms with Crippen LogP contribution in [0.25, 0.3) is 0 Å². The summed E-state index contributed by atoms with van der Waals surface area (Å²) in [5, 5.41) is 0. The molecule has 0 amide bonds. The molecule has 0 unspecified atom stereocenters. The van der Waals surface area contributed by atoms with Gasteiger partial charge in [-0.25, -0.2) is 0 Å². The lowest BCUT2D eigenvalue weighted by molar-refractivity contribution is 4.14. The van der Waals surface area contributed by atoms with E-state index in [9.17, 15) is 0 Å². The molecule has 0 nitrogen and oxygen atoms in total. The average molecular weight is 123 g/mol. The zero-order valence-corrected chi connectivity index (χ0v) is 6.58. The minimum Gasteiger partial charge on any atom is -0.0314 e. The van der Waals surface area contributed by atoms with Gasteiger partial charge in [-0.05, 0) is 34.9 Å². The van der Waals surface area contributed by atoms with Crippen LogP contribution >= 0.6 is 0 Å². The Labute approximate surface area is 41.9 Å². The van der Waals surface area contributed by atoms with Gasteiger partial charge in [0, 0.05) is 0 Å². The summed E-state index contributed by atoms with van der Waals surface area (Å²) >= 11 is 0. The fourth-order valence-corrected chi connectivity index (χ4v) is 14.6. The number of rotatable bonds is 0. The first-order valence-electron chi connectivity index (χ1n) is 1.33. The SMILES string of the molecule is [B]1[Si][Si][Si][Si]1. The largest absolute Gasteiger partial charge is 0.0758 e. The van der Waals surface area contributed by atoms with Crippen LogP contribution in [0, 0.1) is 0 Å². The van der Waals surface area contributed by atoms with Crippen molar-refractivity contribution in [3.05, 3.63) is 0 Å². The van der Waals surface area contributed by atoms with Crippen LogP contribution in [0.5, 0.6) is 0 Å². The third kappa shape index (κ3) is 1.21. The predicted molar refractivity (Wildman–Crippen MR) is 28.8 cm³/mol. The van der Waals surface area contributed by atoms with E-state index in [1.165, 1.54) is 34.9 Å². The van der Waals surface area contributed by atoms with Crippen LogP contribution in [0.4, 0.5) is 0 Å². The first-order valence-corrected chi connectivity index (χ1v) is 8.48. The van der Waals surface area contributed by atoms with Crippen LogP contribution in [0.1, 0.15) is 0 Å². The molecule has 1 rings (SSSR count). The van der Waals surface area contributed by atoms with Crippen molar-refractivity contribution in [1.82, 2.24) is 0 Å². The molecule has 0 spiro atoms. The van der Waals surface area contributed by atoms with Crippen LogP contribution in [0.15, 0.2) is 0 Å². The summed E-state index contributed by atoms with van der Waals surface area (Å²) in [6.07, 6.45) is 0. The molecule has 5 heavy (non-hydrogen) atoms. The Morgan fingerprint density at radius 1 is 1.00 bits per heavy atom. The molecule has 1 aliphatic rings. The molecule has 1 heterocycles. The molecule has 0 aromatic rings. The molecule has 0 bridgehead atoms. The van der Waals surface area contributed by atoms with Gasteiger partial charge in [0.2, 0.25) is 0 Å². The molecular weight excluding hydrogens is 123 g/mol. The van der Waals surface area contributed by atoms with Crippen LogP contribution in [0.2, 0.25) is 0 Å². The maximum Gasteiger partial charge on any atom is 0.0758 e. The summed E-state index contributed by atoms with van der Waals surface area (Å²) in [5.74, 6) is 0. The van der Waals surface area contributed by atoms with Gasteiger partial charge in [0.25, 0.3) is 0 Å². The van der Waals surface area contributed by atoms with Crippen molar-refractivity contribution in [2.45, 2.75) is 0 Å². The highest BCUT2D eigenvalue weighted by atomic mass is 29.7. The molecule has 0 atom stereocenters. The van der Waals surface area contributed by atoms with Crippen molar-refractivity contribution in [3.63, 3.8) is 0 Å². The Morgan fingerprint density at radius 3 is 1.80 bits per heavy atom. The van der Waals surface area contributed by atoms with Crippen molar-refractivity contribution in [2.75, 3.05) is 0 Å². The Hall–Kier alpha value is 0.932. The molecule has 9 radical (unpaired) electrons. The first-order chi connectivity index (χ1) is 2.50. The van der Waals surface area contributed by atoms with E-state index in [1.807, 2.05) is 0 Å². The number of hydrogen-bond acceptors (Lipinski definition) is 0. The van der Waals surface area contributed by atoms with Crippen LogP contribution < -0.4 is 0 Å². The summed E-state index contributed by atoms with van der Waals surface area (Å²) in [4.78, 5) is 0. The standard InChI is InChI=1S/BSi4/c1-2-4-5-3-1. The zero-order valence-electron chi connectivity index (χ0n) is 2.58. The Kier molecular flexibility index (Phi) is 1.78. The predicted octanol–water partition coefficient (Wildman–Crippen LogP) is -1.90. The van der Waals surface area contributed by atoms with E-state index in [1.54, 1.807) is 0 Å². The third-order valence-electron chi connectivity index (χ3n) is 0.351. The fourth-order valence-electron chi connectivity index (χ4n) is 0.180. The first kappa shape index (κ1) is 4.10. The van der Waals surface area contributed by atoms with E-state index >= 15 is 0 Å². The molecule has 0 aromatic heterocycles. The minimum absolute atomic E-state index is 1.24. The van der Waals surface area contributed by atoms with Gasteiger partial charge in [-0.3, -0.25) is 0 Å². The summed E-state index contributed by atoms with van der Waals surface area (Å²) in [6, 6.07) is 0. The van der Waals surface area contributed by atoms with Crippen molar-refractivity contribution in [2.24, 2.45) is 0 Å². The van der Waals surface area contributed by atoms with Crippen molar-refractivity contribution in [3.8, 4) is 0 Å². The summed E-state index contributed by atoms with van der Waals surface area (Å²) < 4.78 is 0. The lowest BCUT2D eigenvalue weighted by Gasteiger charge is -1.63. The van der Waals surface area contributed by atoms with E-state index in [0.29, 0.717) is 0 Å². The average Bonchev–Trinajstić information content (AvgIpc) is 1.76. The van der Waals surface area contributed by atoms with Gasteiger partial charge in [0.05, 0.1) is 6.46 Å². The second kappa shape index (κ2) is 2.17. The van der Waals surface area contributed by atoms with E-state index in [4.69, 9.17) is 0 Å². The Morgan fingerprint density at radius 2 is 1.60 bits per heavy atom. The van der Waals surface area contributed by atoms with Crippen molar-refractivity contribution >= 4 is 41.4 Å². The lowest BCUT2D eigenvalue weighted by atomic mass is 10.7. The van der Waals surface area contributed by atoms with Gasteiger partial charge in [-0.2, -0.15) is 0 Å². The second-order valence-corrected chi connectivity index (χ2v) is 10.6. The lowest BCUT2D eigenvalue weighted by Crippen LogP contribution is -2.00. The maximum atomic E-state index is 2.44. The van der Waals surface area contributed by atoms with Gasteiger partial charge in [-0.1, -0.05) is 0 Å². The molecule has 0 saturated carbocycles. The topological polar surface area (TPSA) is 0 Å². The van der Waals surface area contributed by atoms with E-state index in [-0.39, 0.29) is 0 Å². The molecule has 0 aliphatic carbocycles. The van der Waals surface area contributed by atoms with Crippen molar-refractivity contribution in [1.29, 1.82) is 0 Å². The highest BCUT2D eigenvalue weighted by Crippen LogP contribution is 1.62. The van der Waals surface area contributed by atoms with E-state index < -0.39 is 0 Å². The Balaban J connectivity index is 2.08. The molecule has 0 N–H and O–H groups in total. The molecule has 1 saturated heterocycles. The fraction of sp³-hybridized carbons (Fsp3) is 0. The van der Waals surface area contributed by atoms with E-state index in [2.05, 4.69) is 6.46 Å². The summed E-state index contributed by atoms with van der Waals surface area (Å²) in [5.41, 5.74) is 0. The Bertz CT molecular complexity index is 15.2. The van der Waals surface area contributed by atoms with Gasteiger partial charge in [0.1, 0.15) is 0 Å². The van der Waals surface area contributed by atoms with Gasteiger partial charge >= 0.3 is 0 Å². The smallest absolute Gasteiger partial charge is 0.0314 e. The van der Waals surface area contributed by atoms with Crippen molar-refractivity contribution < 1.29 is 0 Å². The van der Waals surface area contributed by atoms with Crippen LogP contribution in [0.3, 0.4) is 0 Å². The van der Waals surface area contributed by atoms with Gasteiger partial charge in [0.15, 0.2) is 0 Å². The molecule has 0 aromatic carbocycles. The molecule has 19 valence electrons. The maximum absolute atomic E-state index is 2.44.